The predicted molar refractivity (Wildman–Crippen MR) is 54.6 cm³/mol. The summed E-state index contributed by atoms with van der Waals surface area (Å²) in [7, 11) is 0. The lowest BCUT2D eigenvalue weighted by Gasteiger charge is -2.06. The Morgan fingerprint density at radius 1 is 1.27 bits per heavy atom. The first kappa shape index (κ1) is 9.89. The Labute approximate surface area is 87.9 Å². The van der Waals surface area contributed by atoms with Gasteiger partial charge in [-0.15, -0.1) is 0 Å². The van der Waals surface area contributed by atoms with Crippen LogP contribution in [0.25, 0.3) is 0 Å². The van der Waals surface area contributed by atoms with Gasteiger partial charge < -0.3 is 4.52 Å². The topological polar surface area (TPSA) is 67.6 Å². The van der Waals surface area contributed by atoms with E-state index < -0.39 is 0 Å². The number of nitrogens with one attached hydrogen (secondary N) is 1. The Kier molecular flexibility index (Phi) is 2.30. The molecule has 1 atom stereocenters. The molecular formula is C10H14N4O. The van der Waals surface area contributed by atoms with Crippen LogP contribution in [0.15, 0.2) is 4.52 Å². The highest BCUT2D eigenvalue weighted by Gasteiger charge is 2.20. The predicted octanol–water partition coefficient (Wildman–Crippen LogP) is 1.87. The Bertz CT molecular complexity index is 452. The van der Waals surface area contributed by atoms with E-state index in [9.17, 15) is 0 Å². The summed E-state index contributed by atoms with van der Waals surface area (Å²) in [6.07, 6.45) is 0. The van der Waals surface area contributed by atoms with Crippen LogP contribution < -0.4 is 0 Å². The van der Waals surface area contributed by atoms with E-state index in [0.717, 1.165) is 17.0 Å². The summed E-state index contributed by atoms with van der Waals surface area (Å²) in [6, 6.07) is 0. The molecule has 80 valence electrons. The molecule has 1 unspecified atom stereocenters. The first-order valence-electron chi connectivity index (χ1n) is 4.91. The van der Waals surface area contributed by atoms with Crippen LogP contribution in [0.3, 0.4) is 0 Å². The summed E-state index contributed by atoms with van der Waals surface area (Å²) in [5, 5.41) is 10.9. The van der Waals surface area contributed by atoms with Crippen LogP contribution in [0.1, 0.15) is 41.5 Å². The van der Waals surface area contributed by atoms with Gasteiger partial charge in [0.1, 0.15) is 0 Å². The van der Waals surface area contributed by atoms with Crippen LogP contribution in [0.5, 0.6) is 0 Å². The van der Waals surface area contributed by atoms with Gasteiger partial charge in [0.2, 0.25) is 5.89 Å². The second-order valence-electron chi connectivity index (χ2n) is 3.75. The molecule has 0 aliphatic rings. The minimum Gasteiger partial charge on any atom is -0.339 e. The van der Waals surface area contributed by atoms with Gasteiger partial charge in [-0.05, 0) is 27.7 Å². The number of rotatable bonds is 2. The van der Waals surface area contributed by atoms with Gasteiger partial charge in [-0.3, -0.25) is 5.10 Å². The molecule has 0 saturated carbocycles. The number of hydrogen-bond donors (Lipinski definition) is 1. The molecule has 0 spiro atoms. The third-order valence-corrected chi connectivity index (χ3v) is 2.53. The fourth-order valence-electron chi connectivity index (χ4n) is 1.81. The average Bonchev–Trinajstić information content (AvgIpc) is 2.73. The largest absolute Gasteiger partial charge is 0.339 e. The molecule has 0 bridgehead atoms. The normalized spacial score (nSPS) is 13.1. The van der Waals surface area contributed by atoms with Gasteiger partial charge in [0.25, 0.3) is 0 Å². The number of aromatic amines is 1. The lowest BCUT2D eigenvalue weighted by Crippen LogP contribution is -1.99. The molecule has 5 nitrogen and oxygen atoms in total. The summed E-state index contributed by atoms with van der Waals surface area (Å²) >= 11 is 0. The van der Waals surface area contributed by atoms with Crippen LogP contribution in [-0.2, 0) is 0 Å². The summed E-state index contributed by atoms with van der Waals surface area (Å²) < 4.78 is 5.16. The molecule has 5 heteroatoms. The van der Waals surface area contributed by atoms with Crippen LogP contribution in [0.4, 0.5) is 0 Å². The van der Waals surface area contributed by atoms with Gasteiger partial charge in [0, 0.05) is 11.3 Å². The maximum atomic E-state index is 5.16. The molecule has 0 aliphatic heterocycles. The first-order valence-corrected chi connectivity index (χ1v) is 4.91. The van der Waals surface area contributed by atoms with Gasteiger partial charge in [0.05, 0.1) is 11.6 Å². The van der Waals surface area contributed by atoms with E-state index in [0.29, 0.717) is 11.7 Å². The van der Waals surface area contributed by atoms with Gasteiger partial charge in [-0.25, -0.2) is 0 Å². The quantitative estimate of drug-likeness (QED) is 0.814. The van der Waals surface area contributed by atoms with E-state index in [1.807, 2.05) is 27.7 Å². The van der Waals surface area contributed by atoms with E-state index >= 15 is 0 Å². The minimum absolute atomic E-state index is 0.0879. The van der Waals surface area contributed by atoms with Gasteiger partial charge in [-0.2, -0.15) is 10.1 Å². The molecule has 0 saturated heterocycles. The standard InChI is InChI=1S/C10H14N4O/c1-5(10-11-8(4)14-15-10)9-6(2)12-13-7(9)3/h5H,1-4H3,(H,12,13). The Morgan fingerprint density at radius 2 is 2.00 bits per heavy atom. The van der Waals surface area contributed by atoms with E-state index in [2.05, 4.69) is 20.3 Å². The lowest BCUT2D eigenvalue weighted by molar-refractivity contribution is 0.366. The molecule has 2 aromatic heterocycles. The van der Waals surface area contributed by atoms with Crippen molar-refractivity contribution in [2.75, 3.05) is 0 Å². The fraction of sp³-hybridized carbons (Fsp3) is 0.500. The van der Waals surface area contributed by atoms with Crippen molar-refractivity contribution in [3.05, 3.63) is 28.7 Å². The van der Waals surface area contributed by atoms with Gasteiger partial charge >= 0.3 is 0 Å². The highest BCUT2D eigenvalue weighted by atomic mass is 16.5. The highest BCUT2D eigenvalue weighted by molar-refractivity contribution is 5.30. The second kappa shape index (κ2) is 3.49. The molecule has 2 heterocycles. The highest BCUT2D eigenvalue weighted by Crippen LogP contribution is 2.26. The number of aryl methyl sites for hydroxylation is 3. The lowest BCUT2D eigenvalue weighted by atomic mass is 9.99. The molecule has 2 aromatic rings. The summed E-state index contributed by atoms with van der Waals surface area (Å²) in [6.45, 7) is 7.82. The first-order chi connectivity index (χ1) is 7.09. The van der Waals surface area contributed by atoms with E-state index in [1.54, 1.807) is 0 Å². The minimum atomic E-state index is 0.0879. The molecular weight excluding hydrogens is 192 g/mol. The third-order valence-electron chi connectivity index (χ3n) is 2.53. The Hall–Kier alpha value is -1.65. The number of aromatic nitrogens is 4. The van der Waals surface area contributed by atoms with Crippen LogP contribution >= 0.6 is 0 Å². The van der Waals surface area contributed by atoms with Gasteiger partial charge in [-0.1, -0.05) is 5.16 Å². The molecule has 2 rings (SSSR count). The van der Waals surface area contributed by atoms with E-state index in [1.165, 1.54) is 0 Å². The third kappa shape index (κ3) is 1.65. The van der Waals surface area contributed by atoms with Crippen molar-refractivity contribution >= 4 is 0 Å². The fourth-order valence-corrected chi connectivity index (χ4v) is 1.81. The SMILES string of the molecule is Cc1noc(C(C)c2c(C)n[nH]c2C)n1. The summed E-state index contributed by atoms with van der Waals surface area (Å²) in [5.74, 6) is 1.39. The van der Waals surface area contributed by atoms with Gasteiger partial charge in [0.15, 0.2) is 5.82 Å². The monoisotopic (exact) mass is 206 g/mol. The number of nitrogens with zero attached hydrogens (tertiary/aromatic N) is 3. The average molecular weight is 206 g/mol. The maximum Gasteiger partial charge on any atom is 0.234 e. The van der Waals surface area contributed by atoms with Crippen molar-refractivity contribution in [2.24, 2.45) is 0 Å². The molecule has 1 N–H and O–H groups in total. The number of H-pyrrole nitrogens is 1. The number of hydrogen-bond acceptors (Lipinski definition) is 4. The molecule has 0 aromatic carbocycles. The van der Waals surface area contributed by atoms with Crippen LogP contribution in [0.2, 0.25) is 0 Å². The van der Waals surface area contributed by atoms with Crippen molar-refractivity contribution in [1.29, 1.82) is 0 Å². The van der Waals surface area contributed by atoms with Crippen molar-refractivity contribution in [3.63, 3.8) is 0 Å². The van der Waals surface area contributed by atoms with Crippen molar-refractivity contribution in [3.8, 4) is 0 Å². The van der Waals surface area contributed by atoms with E-state index in [-0.39, 0.29) is 5.92 Å². The Morgan fingerprint density at radius 3 is 2.47 bits per heavy atom. The zero-order valence-electron chi connectivity index (χ0n) is 9.33. The smallest absolute Gasteiger partial charge is 0.234 e. The molecule has 0 fully saturated rings. The maximum absolute atomic E-state index is 5.16. The zero-order valence-corrected chi connectivity index (χ0v) is 9.33. The zero-order chi connectivity index (χ0) is 11.0. The van der Waals surface area contributed by atoms with Crippen LogP contribution in [0, 0.1) is 20.8 Å². The molecule has 0 amide bonds. The van der Waals surface area contributed by atoms with Crippen molar-refractivity contribution in [1.82, 2.24) is 20.3 Å². The summed E-state index contributed by atoms with van der Waals surface area (Å²) in [4.78, 5) is 4.23. The van der Waals surface area contributed by atoms with Crippen LogP contribution in [-0.4, -0.2) is 20.3 Å². The van der Waals surface area contributed by atoms with E-state index in [4.69, 9.17) is 4.52 Å². The molecule has 0 radical (unpaired) electrons. The van der Waals surface area contributed by atoms with Crippen molar-refractivity contribution in [2.45, 2.75) is 33.6 Å². The second-order valence-corrected chi connectivity index (χ2v) is 3.75. The molecule has 0 aliphatic carbocycles. The molecule has 15 heavy (non-hydrogen) atoms. The summed E-state index contributed by atoms with van der Waals surface area (Å²) in [5.41, 5.74) is 3.17. The van der Waals surface area contributed by atoms with Crippen molar-refractivity contribution < 1.29 is 4.52 Å². The Balaban J connectivity index is 2.40.